The van der Waals surface area contributed by atoms with Crippen LogP contribution in [0, 0.1) is 5.82 Å². The average molecular weight is 525 g/mol. The number of ether oxygens (including phenoxy) is 1. The molecular formula is C22H22F4N8O3. The zero-order chi connectivity index (χ0) is 28.8. The first-order chi connectivity index (χ1) is 18.9. The van der Waals surface area contributed by atoms with Crippen LogP contribution in [0.1, 0.15) is 10.5 Å². The molecular weight excluding hydrogens is 500 g/mol. The number of amides is 1. The van der Waals surface area contributed by atoms with Crippen molar-refractivity contribution in [2.24, 2.45) is 0 Å². The molecule has 15 heteroatoms. The monoisotopic (exact) mass is 525 g/mol. The fraction of sp³-hybridized carbons (Fsp3) is 0.409. The number of aromatic nitrogens is 6. The van der Waals surface area contributed by atoms with Gasteiger partial charge in [0.05, 0.1) is 41.0 Å². The molecule has 1 fully saturated rings. The maximum atomic E-state index is 15.4. The smallest absolute Gasteiger partial charge is 0.258 e. The number of aliphatic hydroxyl groups excluding tert-OH is 1. The summed E-state index contributed by atoms with van der Waals surface area (Å²) in [6.45, 7) is -1.65. The highest BCUT2D eigenvalue weighted by Gasteiger charge is 2.32. The lowest BCUT2D eigenvalue weighted by Crippen LogP contribution is -2.50. The molecule has 1 saturated heterocycles. The molecule has 1 amide bonds. The molecule has 0 saturated carbocycles. The Bertz CT molecular complexity index is 1560. The molecule has 0 unspecified atom stereocenters. The van der Waals surface area contributed by atoms with Crippen molar-refractivity contribution < 1.29 is 36.3 Å². The molecule has 1 aromatic carbocycles. The zero-order valence-corrected chi connectivity index (χ0v) is 19.0. The van der Waals surface area contributed by atoms with Crippen LogP contribution in [0.25, 0.3) is 27.7 Å². The summed E-state index contributed by atoms with van der Waals surface area (Å²) in [7, 11) is -3.01. The summed E-state index contributed by atoms with van der Waals surface area (Å²) >= 11 is 0. The minimum Gasteiger partial charge on any atom is -0.479 e. The van der Waals surface area contributed by atoms with Crippen molar-refractivity contribution in [2.75, 3.05) is 32.1 Å². The third-order valence-electron chi connectivity index (χ3n) is 6.11. The fourth-order valence-corrected chi connectivity index (χ4v) is 4.37. The minimum atomic E-state index is -3.01. The Morgan fingerprint density at radius 1 is 1.41 bits per heavy atom. The van der Waals surface area contributed by atoms with Gasteiger partial charge in [0.2, 0.25) is 17.7 Å². The second-order valence-corrected chi connectivity index (χ2v) is 8.41. The van der Waals surface area contributed by atoms with E-state index in [1.807, 2.05) is 0 Å². The van der Waals surface area contributed by atoms with Crippen LogP contribution < -0.4 is 10.1 Å². The number of halogens is 4. The van der Waals surface area contributed by atoms with E-state index in [0.29, 0.717) is 0 Å². The summed E-state index contributed by atoms with van der Waals surface area (Å²) in [5, 5.41) is 23.4. The fourth-order valence-electron chi connectivity index (χ4n) is 4.37. The molecule has 1 aliphatic heterocycles. The van der Waals surface area contributed by atoms with Crippen LogP contribution in [-0.4, -0.2) is 90.9 Å². The van der Waals surface area contributed by atoms with Gasteiger partial charge in [-0.3, -0.25) is 4.79 Å². The molecule has 0 radical (unpaired) electrons. The number of alkyl halides is 3. The van der Waals surface area contributed by atoms with Gasteiger partial charge < -0.3 is 20.1 Å². The maximum Gasteiger partial charge on any atom is 0.258 e. The number of nitrogens with zero attached hydrogens (tertiary/aromatic N) is 7. The number of nitrogens with one attached hydrogen (secondary N) is 1. The predicted octanol–water partition coefficient (Wildman–Crippen LogP) is 1.90. The summed E-state index contributed by atoms with van der Waals surface area (Å²) in [5.41, 5.74) is 0.287. The van der Waals surface area contributed by atoms with Gasteiger partial charge in [-0.05, 0) is 24.1 Å². The van der Waals surface area contributed by atoms with Crippen molar-refractivity contribution in [3.05, 3.63) is 30.2 Å². The summed E-state index contributed by atoms with van der Waals surface area (Å²) in [6.07, 6.45) is -3.23. The Hall–Kier alpha value is -4.01. The van der Waals surface area contributed by atoms with Crippen LogP contribution in [0.2, 0.25) is 0 Å². The number of rotatable bonds is 7. The van der Waals surface area contributed by atoms with Gasteiger partial charge in [-0.25, -0.2) is 26.8 Å². The molecule has 4 heterocycles. The van der Waals surface area contributed by atoms with Crippen molar-refractivity contribution in [1.82, 2.24) is 34.5 Å². The molecule has 1 aliphatic rings. The first-order valence-electron chi connectivity index (χ1n) is 12.6. The van der Waals surface area contributed by atoms with Gasteiger partial charge in [0, 0.05) is 6.54 Å². The quantitative estimate of drug-likeness (QED) is 0.351. The number of hydrogen-bond acceptors (Lipinski definition) is 8. The van der Waals surface area contributed by atoms with E-state index < -0.39 is 56.4 Å². The van der Waals surface area contributed by atoms with Crippen molar-refractivity contribution in [3.63, 3.8) is 0 Å². The summed E-state index contributed by atoms with van der Waals surface area (Å²) in [4.78, 5) is 16.9. The van der Waals surface area contributed by atoms with Gasteiger partial charge in [-0.1, -0.05) is 11.3 Å². The SMILES string of the molecule is [2H]C([2H])([2H])Oc1nc(N[C@H]2CCN(C(=O)CO)C[C@H]2F)nn2cc(F)c(-c3ccc4nnn(CC(F)F)c4c3)c12. The number of methoxy groups -OCH3 is 1. The Morgan fingerprint density at radius 2 is 2.24 bits per heavy atom. The van der Waals surface area contributed by atoms with Crippen LogP contribution in [0.5, 0.6) is 5.88 Å². The third kappa shape index (κ3) is 4.61. The molecule has 0 bridgehead atoms. The molecule has 4 aromatic rings. The lowest BCUT2D eigenvalue weighted by Gasteiger charge is -2.34. The van der Waals surface area contributed by atoms with Crippen molar-refractivity contribution in [2.45, 2.75) is 31.6 Å². The Labute approximate surface area is 210 Å². The van der Waals surface area contributed by atoms with Gasteiger partial charge in [0.1, 0.15) is 30.4 Å². The van der Waals surface area contributed by atoms with Crippen LogP contribution in [0.4, 0.5) is 23.5 Å². The summed E-state index contributed by atoms with van der Waals surface area (Å²) in [6, 6.07) is 3.38. The zero-order valence-electron chi connectivity index (χ0n) is 22.0. The summed E-state index contributed by atoms with van der Waals surface area (Å²) in [5.74, 6) is -2.28. The lowest BCUT2D eigenvalue weighted by atomic mass is 10.0. The van der Waals surface area contributed by atoms with Crippen molar-refractivity contribution in [3.8, 4) is 17.0 Å². The van der Waals surface area contributed by atoms with E-state index >= 15 is 4.39 Å². The van der Waals surface area contributed by atoms with E-state index in [4.69, 9.17) is 14.0 Å². The first-order valence-corrected chi connectivity index (χ1v) is 11.1. The van der Waals surface area contributed by atoms with Gasteiger partial charge in [-0.15, -0.1) is 10.2 Å². The van der Waals surface area contributed by atoms with Crippen molar-refractivity contribution in [1.29, 1.82) is 0 Å². The van der Waals surface area contributed by atoms with E-state index in [0.717, 1.165) is 15.4 Å². The third-order valence-corrected chi connectivity index (χ3v) is 6.11. The normalized spacial score (nSPS) is 19.7. The number of carbonyl (C=O) groups excluding carboxylic acids is 1. The van der Waals surface area contributed by atoms with Crippen LogP contribution in [-0.2, 0) is 11.3 Å². The highest BCUT2D eigenvalue weighted by molar-refractivity contribution is 5.89. The lowest BCUT2D eigenvalue weighted by molar-refractivity contribution is -0.136. The average Bonchev–Trinajstić information content (AvgIpc) is 3.43. The van der Waals surface area contributed by atoms with Gasteiger partial charge >= 0.3 is 0 Å². The van der Waals surface area contributed by atoms with Gasteiger partial charge in [0.25, 0.3) is 6.43 Å². The standard InChI is InChI=1S/C22H22F4N8O3/c1-37-21-20-19(11-2-3-15-16(6-11)33(31-29-15)9-17(25)26)13(24)8-34(20)30-22(28-21)27-14-4-5-32(7-12(14)23)18(36)10-35/h2-3,6,8,12,14,17,35H,4-5,7,9-10H2,1H3,(H,27,30)/t12-,14+/m1/s1/i1D3. The van der Waals surface area contributed by atoms with E-state index in [-0.39, 0.29) is 53.1 Å². The highest BCUT2D eigenvalue weighted by atomic mass is 19.3. The highest BCUT2D eigenvalue weighted by Crippen LogP contribution is 2.35. The number of likely N-dealkylation sites (tertiary alicyclic amines) is 1. The van der Waals surface area contributed by atoms with Crippen LogP contribution >= 0.6 is 0 Å². The van der Waals surface area contributed by atoms with Gasteiger partial charge in [-0.2, -0.15) is 4.98 Å². The second-order valence-electron chi connectivity index (χ2n) is 8.41. The maximum absolute atomic E-state index is 15.4. The van der Waals surface area contributed by atoms with E-state index in [2.05, 4.69) is 25.7 Å². The molecule has 0 aliphatic carbocycles. The number of aliphatic hydroxyl groups is 1. The predicted molar refractivity (Wildman–Crippen MR) is 123 cm³/mol. The topological polar surface area (TPSA) is 123 Å². The Balaban J connectivity index is 1.55. The van der Waals surface area contributed by atoms with E-state index in [1.165, 1.54) is 23.1 Å². The molecule has 3 aromatic heterocycles. The van der Waals surface area contributed by atoms with E-state index in [1.54, 1.807) is 0 Å². The number of carbonyl (C=O) groups is 1. The number of piperidine rings is 1. The number of benzene rings is 1. The number of anilines is 1. The molecule has 37 heavy (non-hydrogen) atoms. The van der Waals surface area contributed by atoms with E-state index in [9.17, 15) is 18.0 Å². The number of fused-ring (bicyclic) bond motifs is 2. The molecule has 0 spiro atoms. The molecule has 11 nitrogen and oxygen atoms in total. The second kappa shape index (κ2) is 9.80. The molecule has 2 N–H and O–H groups in total. The molecule has 5 rings (SSSR count). The molecule has 2 atom stereocenters. The minimum absolute atomic E-state index is 0.120. The Kier molecular flexibility index (Phi) is 5.59. The van der Waals surface area contributed by atoms with Crippen LogP contribution in [0.15, 0.2) is 24.4 Å². The van der Waals surface area contributed by atoms with Crippen molar-refractivity contribution >= 4 is 28.4 Å². The number of hydrogen-bond donors (Lipinski definition) is 2. The molecule has 196 valence electrons. The Morgan fingerprint density at radius 3 is 2.97 bits per heavy atom. The van der Waals surface area contributed by atoms with Gasteiger partial charge in [0.15, 0.2) is 5.82 Å². The first kappa shape index (κ1) is 21.1. The summed E-state index contributed by atoms with van der Waals surface area (Å²) < 4.78 is 85.9. The largest absolute Gasteiger partial charge is 0.479 e. The van der Waals surface area contributed by atoms with Crippen LogP contribution in [0.3, 0.4) is 0 Å².